The summed E-state index contributed by atoms with van der Waals surface area (Å²) >= 11 is 0. The average Bonchev–Trinajstić information content (AvgIpc) is 2.61. The van der Waals surface area contributed by atoms with Crippen LogP contribution in [0.2, 0.25) is 0 Å². The Balaban J connectivity index is 1.71. The van der Waals surface area contributed by atoms with Gasteiger partial charge in [-0.25, -0.2) is 13.6 Å². The van der Waals surface area contributed by atoms with Gasteiger partial charge in [-0.2, -0.15) is 0 Å². The number of carbonyl (C=O) groups is 1. The molecule has 3 aromatic carbocycles. The van der Waals surface area contributed by atoms with Crippen LogP contribution < -0.4 is 10.5 Å². The van der Waals surface area contributed by atoms with Gasteiger partial charge in [0.15, 0.2) is 0 Å². The lowest BCUT2D eigenvalue weighted by atomic mass is 10.0. The van der Waals surface area contributed by atoms with E-state index < -0.39 is 10.0 Å². The van der Waals surface area contributed by atoms with Crippen LogP contribution in [0.3, 0.4) is 0 Å². The number of amides is 1. The van der Waals surface area contributed by atoms with E-state index in [4.69, 9.17) is 5.14 Å². The zero-order valence-electron chi connectivity index (χ0n) is 14.3. The van der Waals surface area contributed by atoms with Gasteiger partial charge in [-0.15, -0.1) is 0 Å². The van der Waals surface area contributed by atoms with Crippen LogP contribution in [0.25, 0.3) is 10.8 Å². The summed E-state index contributed by atoms with van der Waals surface area (Å²) in [6.07, 6.45) is 0.254. The van der Waals surface area contributed by atoms with Crippen molar-refractivity contribution in [1.29, 1.82) is 0 Å². The molecule has 5 nitrogen and oxygen atoms in total. The number of sulfonamides is 1. The van der Waals surface area contributed by atoms with Crippen molar-refractivity contribution in [1.82, 2.24) is 5.32 Å². The Kier molecular flexibility index (Phi) is 5.06. The lowest BCUT2D eigenvalue weighted by Gasteiger charge is -2.15. The van der Waals surface area contributed by atoms with Crippen LogP contribution in [0, 0.1) is 0 Å². The van der Waals surface area contributed by atoms with Gasteiger partial charge in [0.1, 0.15) is 0 Å². The van der Waals surface area contributed by atoms with E-state index >= 15 is 0 Å². The monoisotopic (exact) mass is 368 g/mol. The summed E-state index contributed by atoms with van der Waals surface area (Å²) < 4.78 is 22.9. The van der Waals surface area contributed by atoms with Crippen molar-refractivity contribution in [3.8, 4) is 0 Å². The Hall–Kier alpha value is -2.70. The Labute approximate surface area is 152 Å². The lowest BCUT2D eigenvalue weighted by Crippen LogP contribution is -2.28. The van der Waals surface area contributed by atoms with E-state index in [0.717, 1.165) is 16.3 Å². The third-order valence-electron chi connectivity index (χ3n) is 4.24. The van der Waals surface area contributed by atoms with Crippen molar-refractivity contribution in [2.45, 2.75) is 24.3 Å². The van der Waals surface area contributed by atoms with Gasteiger partial charge in [-0.3, -0.25) is 4.79 Å². The highest BCUT2D eigenvalue weighted by Gasteiger charge is 2.14. The molecule has 0 saturated heterocycles. The number of nitrogens with two attached hydrogens (primary N) is 1. The van der Waals surface area contributed by atoms with Gasteiger partial charge in [0.05, 0.1) is 17.4 Å². The standard InChI is InChI=1S/C20H20N2O3S/c1-14(17-7-4-8-19(13-17)26(21,24)25)22-20(23)12-15-9-10-16-5-2-3-6-18(16)11-15/h2-11,13-14H,12H2,1H3,(H,22,23)(H2,21,24,25)/t14-/m0/s1. The number of nitrogens with one attached hydrogen (secondary N) is 1. The molecular formula is C20H20N2O3S. The minimum atomic E-state index is -3.77. The number of carbonyl (C=O) groups excluding carboxylic acids is 1. The van der Waals surface area contributed by atoms with Gasteiger partial charge in [-0.05, 0) is 41.0 Å². The highest BCUT2D eigenvalue weighted by atomic mass is 32.2. The first-order chi connectivity index (χ1) is 12.3. The summed E-state index contributed by atoms with van der Waals surface area (Å²) in [5, 5.41) is 10.3. The molecule has 0 aliphatic heterocycles. The summed E-state index contributed by atoms with van der Waals surface area (Å²) in [5.74, 6) is -0.131. The second-order valence-corrected chi connectivity index (χ2v) is 7.83. The summed E-state index contributed by atoms with van der Waals surface area (Å²) in [6.45, 7) is 1.81. The molecule has 6 heteroatoms. The van der Waals surface area contributed by atoms with Gasteiger partial charge >= 0.3 is 0 Å². The average molecular weight is 368 g/mol. The molecule has 0 aromatic heterocycles. The predicted molar refractivity (Wildman–Crippen MR) is 102 cm³/mol. The molecule has 3 N–H and O–H groups in total. The second kappa shape index (κ2) is 7.27. The highest BCUT2D eigenvalue weighted by Crippen LogP contribution is 2.18. The van der Waals surface area contributed by atoms with Crippen molar-refractivity contribution >= 4 is 26.7 Å². The first-order valence-corrected chi connectivity index (χ1v) is 9.77. The fraction of sp³-hybridized carbons (Fsp3) is 0.150. The molecule has 0 bridgehead atoms. The Bertz CT molecular complexity index is 1060. The van der Waals surface area contributed by atoms with E-state index in [0.29, 0.717) is 5.56 Å². The highest BCUT2D eigenvalue weighted by molar-refractivity contribution is 7.89. The van der Waals surface area contributed by atoms with Crippen LogP contribution in [0.5, 0.6) is 0 Å². The number of hydrogen-bond acceptors (Lipinski definition) is 3. The number of rotatable bonds is 5. The van der Waals surface area contributed by atoms with Gasteiger partial charge in [0.2, 0.25) is 15.9 Å². The number of benzene rings is 3. The molecule has 0 fully saturated rings. The van der Waals surface area contributed by atoms with Crippen LogP contribution in [0.4, 0.5) is 0 Å². The Morgan fingerprint density at radius 2 is 1.73 bits per heavy atom. The molecular weight excluding hydrogens is 348 g/mol. The molecule has 26 heavy (non-hydrogen) atoms. The van der Waals surface area contributed by atoms with E-state index in [9.17, 15) is 13.2 Å². The van der Waals surface area contributed by atoms with Gasteiger partial charge < -0.3 is 5.32 Å². The lowest BCUT2D eigenvalue weighted by molar-refractivity contribution is -0.121. The Morgan fingerprint density at radius 3 is 2.46 bits per heavy atom. The molecule has 3 rings (SSSR count). The first kappa shape index (κ1) is 18.1. The van der Waals surface area contributed by atoms with Crippen molar-refractivity contribution in [2.24, 2.45) is 5.14 Å². The molecule has 134 valence electrons. The van der Waals surface area contributed by atoms with Gasteiger partial charge in [0, 0.05) is 0 Å². The minimum absolute atomic E-state index is 0.0330. The molecule has 1 atom stereocenters. The largest absolute Gasteiger partial charge is 0.349 e. The molecule has 0 unspecified atom stereocenters. The fourth-order valence-electron chi connectivity index (χ4n) is 2.87. The third kappa shape index (κ3) is 4.28. The first-order valence-electron chi connectivity index (χ1n) is 8.23. The Morgan fingerprint density at radius 1 is 1.00 bits per heavy atom. The van der Waals surface area contributed by atoms with Gasteiger partial charge in [0.25, 0.3) is 0 Å². The van der Waals surface area contributed by atoms with E-state index in [1.54, 1.807) is 19.1 Å². The molecule has 0 spiro atoms. The van der Waals surface area contributed by atoms with E-state index in [1.807, 2.05) is 42.5 Å². The van der Waals surface area contributed by atoms with Crippen LogP contribution in [-0.4, -0.2) is 14.3 Å². The normalized spacial score (nSPS) is 12.7. The zero-order chi connectivity index (χ0) is 18.7. The van der Waals surface area contributed by atoms with Gasteiger partial charge in [-0.1, -0.05) is 54.6 Å². The fourth-order valence-corrected chi connectivity index (χ4v) is 3.44. The summed E-state index contributed by atoms with van der Waals surface area (Å²) in [5.41, 5.74) is 1.61. The molecule has 0 saturated carbocycles. The third-order valence-corrected chi connectivity index (χ3v) is 5.15. The molecule has 0 radical (unpaired) electrons. The van der Waals surface area contributed by atoms with E-state index in [1.165, 1.54) is 12.1 Å². The van der Waals surface area contributed by atoms with Crippen molar-refractivity contribution in [3.63, 3.8) is 0 Å². The van der Waals surface area contributed by atoms with Crippen LogP contribution in [0.15, 0.2) is 71.6 Å². The molecule has 0 heterocycles. The maximum atomic E-state index is 12.4. The zero-order valence-corrected chi connectivity index (χ0v) is 15.2. The summed E-state index contributed by atoms with van der Waals surface area (Å²) in [6, 6.07) is 19.9. The second-order valence-electron chi connectivity index (χ2n) is 6.26. The maximum absolute atomic E-state index is 12.4. The maximum Gasteiger partial charge on any atom is 0.238 e. The number of hydrogen-bond donors (Lipinski definition) is 2. The van der Waals surface area contributed by atoms with Crippen molar-refractivity contribution in [2.75, 3.05) is 0 Å². The SMILES string of the molecule is C[C@H](NC(=O)Cc1ccc2ccccc2c1)c1cccc(S(N)(=O)=O)c1. The summed E-state index contributed by atoms with van der Waals surface area (Å²) in [7, 11) is -3.77. The predicted octanol–water partition coefficient (Wildman–Crippen LogP) is 2.91. The topological polar surface area (TPSA) is 89.3 Å². The molecule has 3 aromatic rings. The van der Waals surface area contributed by atoms with Crippen LogP contribution in [-0.2, 0) is 21.2 Å². The smallest absolute Gasteiger partial charge is 0.238 e. The molecule has 0 aliphatic rings. The number of fused-ring (bicyclic) bond motifs is 1. The minimum Gasteiger partial charge on any atom is -0.349 e. The van der Waals surface area contributed by atoms with Crippen molar-refractivity contribution < 1.29 is 13.2 Å². The van der Waals surface area contributed by atoms with E-state index in [2.05, 4.69) is 5.32 Å². The molecule has 1 amide bonds. The van der Waals surface area contributed by atoms with E-state index in [-0.39, 0.29) is 23.3 Å². The molecule has 0 aliphatic carbocycles. The van der Waals surface area contributed by atoms with Crippen molar-refractivity contribution in [3.05, 3.63) is 77.9 Å². The number of primary sulfonamides is 1. The summed E-state index contributed by atoms with van der Waals surface area (Å²) in [4.78, 5) is 12.4. The quantitative estimate of drug-likeness (QED) is 0.726. The van der Waals surface area contributed by atoms with Crippen LogP contribution in [0.1, 0.15) is 24.1 Å². The van der Waals surface area contributed by atoms with Crippen LogP contribution >= 0.6 is 0 Å².